The number of rotatable bonds is 5. The van der Waals surface area contributed by atoms with Gasteiger partial charge in [-0.05, 0) is 42.7 Å². The number of fused-ring (bicyclic) bond motifs is 1. The minimum absolute atomic E-state index is 0.243. The highest BCUT2D eigenvalue weighted by Crippen LogP contribution is 2.21. The van der Waals surface area contributed by atoms with Crippen molar-refractivity contribution in [3.05, 3.63) is 66.0 Å². The third-order valence-corrected chi connectivity index (χ3v) is 6.67. The van der Waals surface area contributed by atoms with Gasteiger partial charge in [0, 0.05) is 19.6 Å². The zero-order chi connectivity index (χ0) is 19.6. The number of hydrogen-bond acceptors (Lipinski definition) is 5. The summed E-state index contributed by atoms with van der Waals surface area (Å²) in [5.41, 5.74) is 2.44. The molecule has 28 heavy (non-hydrogen) atoms. The molecular formula is C20H20N4O3S. The molecule has 144 valence electrons. The highest BCUT2D eigenvalue weighted by molar-refractivity contribution is 7.89. The normalized spacial score (nSPS) is 15.0. The summed E-state index contributed by atoms with van der Waals surface area (Å²) in [5.74, 6) is -0.327. The van der Waals surface area contributed by atoms with Crippen LogP contribution in [0.25, 0.3) is 11.0 Å². The molecule has 1 fully saturated rings. The number of benzene rings is 2. The quantitative estimate of drug-likeness (QED) is 0.715. The molecule has 1 aliphatic rings. The van der Waals surface area contributed by atoms with Crippen LogP contribution in [0.2, 0.25) is 0 Å². The number of aromatic nitrogens is 2. The van der Waals surface area contributed by atoms with Crippen molar-refractivity contribution in [2.75, 3.05) is 13.1 Å². The molecule has 1 N–H and O–H groups in total. The Balaban J connectivity index is 1.42. The van der Waals surface area contributed by atoms with E-state index in [2.05, 4.69) is 15.3 Å². The Hall–Kier alpha value is -2.84. The lowest BCUT2D eigenvalue weighted by Gasteiger charge is -2.15. The van der Waals surface area contributed by atoms with Gasteiger partial charge in [-0.2, -0.15) is 4.31 Å². The summed E-state index contributed by atoms with van der Waals surface area (Å²) in [4.78, 5) is 21.2. The summed E-state index contributed by atoms with van der Waals surface area (Å²) in [6.07, 6.45) is 3.26. The Labute approximate surface area is 163 Å². The summed E-state index contributed by atoms with van der Waals surface area (Å²) in [5, 5.41) is 2.79. The summed E-state index contributed by atoms with van der Waals surface area (Å²) < 4.78 is 26.6. The van der Waals surface area contributed by atoms with Crippen molar-refractivity contribution < 1.29 is 13.2 Å². The van der Waals surface area contributed by atoms with E-state index in [0.29, 0.717) is 18.6 Å². The number of carbonyl (C=O) groups is 1. The van der Waals surface area contributed by atoms with Crippen molar-refractivity contribution in [1.82, 2.24) is 19.6 Å². The van der Waals surface area contributed by atoms with Gasteiger partial charge in [0.2, 0.25) is 10.0 Å². The molecule has 4 rings (SSSR count). The van der Waals surface area contributed by atoms with Crippen LogP contribution in [0.5, 0.6) is 0 Å². The third kappa shape index (κ3) is 3.74. The van der Waals surface area contributed by atoms with Crippen LogP contribution < -0.4 is 5.32 Å². The van der Waals surface area contributed by atoms with Crippen LogP contribution in [0.15, 0.2) is 59.6 Å². The van der Waals surface area contributed by atoms with Gasteiger partial charge in [-0.1, -0.05) is 24.3 Å². The predicted octanol–water partition coefficient (Wildman–Crippen LogP) is 2.34. The largest absolute Gasteiger partial charge is 0.347 e. The number of nitrogens with one attached hydrogen (secondary N) is 1. The third-order valence-electron chi connectivity index (χ3n) is 4.76. The van der Waals surface area contributed by atoms with Gasteiger partial charge < -0.3 is 5.32 Å². The lowest BCUT2D eigenvalue weighted by atomic mass is 10.2. The van der Waals surface area contributed by atoms with Crippen molar-refractivity contribution in [1.29, 1.82) is 0 Å². The second-order valence-corrected chi connectivity index (χ2v) is 8.62. The monoisotopic (exact) mass is 396 g/mol. The van der Waals surface area contributed by atoms with Gasteiger partial charge in [-0.25, -0.2) is 13.4 Å². The van der Waals surface area contributed by atoms with Crippen LogP contribution in [0.1, 0.15) is 28.9 Å². The molecule has 0 bridgehead atoms. The van der Waals surface area contributed by atoms with E-state index < -0.39 is 10.0 Å². The number of hydrogen-bond donors (Lipinski definition) is 1. The molecule has 2 heterocycles. The maximum atomic E-state index is 12.5. The van der Waals surface area contributed by atoms with Gasteiger partial charge in [0.15, 0.2) is 0 Å². The molecule has 2 aromatic carbocycles. The first-order valence-electron chi connectivity index (χ1n) is 9.13. The van der Waals surface area contributed by atoms with Crippen molar-refractivity contribution >= 4 is 27.0 Å². The van der Waals surface area contributed by atoms with E-state index in [1.165, 1.54) is 10.5 Å². The molecular weight excluding hydrogens is 376 g/mol. The van der Waals surface area contributed by atoms with E-state index in [1.807, 2.05) is 18.2 Å². The molecule has 0 unspecified atom stereocenters. The van der Waals surface area contributed by atoms with E-state index in [-0.39, 0.29) is 23.0 Å². The Morgan fingerprint density at radius 1 is 1.00 bits per heavy atom. The van der Waals surface area contributed by atoms with Crippen LogP contribution in [0, 0.1) is 0 Å². The van der Waals surface area contributed by atoms with Crippen LogP contribution >= 0.6 is 0 Å². The van der Waals surface area contributed by atoms with E-state index in [4.69, 9.17) is 0 Å². The minimum Gasteiger partial charge on any atom is -0.347 e. The number of sulfonamides is 1. The molecule has 1 aliphatic heterocycles. The van der Waals surface area contributed by atoms with Gasteiger partial charge in [0.1, 0.15) is 5.69 Å². The average molecular weight is 396 g/mol. The summed E-state index contributed by atoms with van der Waals surface area (Å²) >= 11 is 0. The van der Waals surface area contributed by atoms with Crippen LogP contribution in [-0.4, -0.2) is 41.7 Å². The van der Waals surface area contributed by atoms with E-state index in [1.54, 1.807) is 30.3 Å². The van der Waals surface area contributed by atoms with Crippen molar-refractivity contribution in [3.63, 3.8) is 0 Å². The lowest BCUT2D eigenvalue weighted by molar-refractivity contribution is 0.0946. The predicted molar refractivity (Wildman–Crippen MR) is 105 cm³/mol. The zero-order valence-electron chi connectivity index (χ0n) is 15.2. The fourth-order valence-corrected chi connectivity index (χ4v) is 4.71. The molecule has 0 aliphatic carbocycles. The van der Waals surface area contributed by atoms with Crippen LogP contribution in [0.3, 0.4) is 0 Å². The van der Waals surface area contributed by atoms with Gasteiger partial charge >= 0.3 is 0 Å². The molecule has 0 atom stereocenters. The number of carbonyl (C=O) groups excluding carboxylic acids is 1. The minimum atomic E-state index is -3.42. The summed E-state index contributed by atoms with van der Waals surface area (Å²) in [7, 11) is -3.42. The van der Waals surface area contributed by atoms with Gasteiger partial charge in [-0.3, -0.25) is 9.78 Å². The Kier molecular flexibility index (Phi) is 5.06. The molecule has 0 spiro atoms. The molecule has 8 heteroatoms. The highest BCUT2D eigenvalue weighted by atomic mass is 32.2. The fourth-order valence-electron chi connectivity index (χ4n) is 3.20. The van der Waals surface area contributed by atoms with E-state index in [0.717, 1.165) is 23.9 Å². The molecule has 1 amide bonds. The molecule has 3 aromatic rings. The Bertz CT molecular complexity index is 1110. The van der Waals surface area contributed by atoms with Crippen molar-refractivity contribution in [3.8, 4) is 0 Å². The summed E-state index contributed by atoms with van der Waals surface area (Å²) in [6, 6.07) is 14.0. The average Bonchev–Trinajstić information content (AvgIpc) is 3.28. The Morgan fingerprint density at radius 3 is 2.39 bits per heavy atom. The first-order valence-corrected chi connectivity index (χ1v) is 10.6. The van der Waals surface area contributed by atoms with Crippen LogP contribution in [-0.2, 0) is 16.6 Å². The molecule has 1 saturated heterocycles. The Morgan fingerprint density at radius 2 is 1.68 bits per heavy atom. The standard InChI is InChI=1S/C20H20N4O3S/c25-20(19-14-21-17-5-1-2-6-18(17)23-19)22-13-15-7-9-16(10-8-15)28(26,27)24-11-3-4-12-24/h1-2,5-10,14H,3-4,11-13H2,(H,22,25). The maximum Gasteiger partial charge on any atom is 0.271 e. The summed E-state index contributed by atoms with van der Waals surface area (Å²) in [6.45, 7) is 1.43. The number of para-hydroxylation sites is 2. The van der Waals surface area contributed by atoms with Crippen LogP contribution in [0.4, 0.5) is 0 Å². The SMILES string of the molecule is O=C(NCc1ccc(S(=O)(=O)N2CCCC2)cc1)c1cnc2ccccc2n1. The smallest absolute Gasteiger partial charge is 0.271 e. The van der Waals surface area contributed by atoms with E-state index >= 15 is 0 Å². The second kappa shape index (κ2) is 7.65. The first kappa shape index (κ1) is 18.5. The highest BCUT2D eigenvalue weighted by Gasteiger charge is 2.26. The molecule has 7 nitrogen and oxygen atoms in total. The molecule has 0 saturated carbocycles. The second-order valence-electron chi connectivity index (χ2n) is 6.68. The van der Waals surface area contributed by atoms with Gasteiger partial charge in [0.25, 0.3) is 5.91 Å². The van der Waals surface area contributed by atoms with E-state index in [9.17, 15) is 13.2 Å². The van der Waals surface area contributed by atoms with Crippen molar-refractivity contribution in [2.45, 2.75) is 24.3 Å². The first-order chi connectivity index (χ1) is 13.5. The molecule has 0 radical (unpaired) electrons. The fraction of sp³-hybridized carbons (Fsp3) is 0.250. The number of nitrogens with zero attached hydrogens (tertiary/aromatic N) is 3. The number of amides is 1. The molecule has 1 aromatic heterocycles. The topological polar surface area (TPSA) is 92.3 Å². The lowest BCUT2D eigenvalue weighted by Crippen LogP contribution is -2.28. The van der Waals surface area contributed by atoms with Crippen molar-refractivity contribution in [2.24, 2.45) is 0 Å². The van der Waals surface area contributed by atoms with Gasteiger partial charge in [-0.15, -0.1) is 0 Å². The van der Waals surface area contributed by atoms with Gasteiger partial charge in [0.05, 0.1) is 22.1 Å². The maximum absolute atomic E-state index is 12.5. The zero-order valence-corrected chi connectivity index (χ0v) is 16.0.